The van der Waals surface area contributed by atoms with Crippen molar-refractivity contribution in [2.45, 2.75) is 51.2 Å². The van der Waals surface area contributed by atoms with Crippen LogP contribution < -0.4 is 4.90 Å². The Morgan fingerprint density at radius 2 is 1.97 bits per heavy atom. The van der Waals surface area contributed by atoms with Gasteiger partial charge in [0.2, 0.25) is 5.13 Å². The molecule has 2 aromatic rings. The maximum Gasteiger partial charge on any atom is 0.399 e. The average molecular weight is 424 g/mol. The molecule has 4 heterocycles. The summed E-state index contributed by atoms with van der Waals surface area (Å²) in [6, 6.07) is 2.18. The first-order chi connectivity index (χ1) is 13.5. The molecule has 0 aliphatic carbocycles. The zero-order valence-corrected chi connectivity index (χ0v) is 16.9. The molecule has 154 valence electrons. The van der Waals surface area contributed by atoms with Crippen LogP contribution in [0.15, 0.2) is 18.3 Å². The highest BCUT2D eigenvalue weighted by molar-refractivity contribution is 7.19. The van der Waals surface area contributed by atoms with Gasteiger partial charge < -0.3 is 4.90 Å². The molecule has 2 fully saturated rings. The number of pyridine rings is 1. The number of alkyl halides is 3. The number of urea groups is 1. The number of fused-ring (bicyclic) bond motifs is 1. The SMILES string of the molecule is Cc1nc(N2C(=O)C3CCCN3C2=O)sc1-c1ccnc(C(C)(C)C(F)(F)F)c1. The van der Waals surface area contributed by atoms with E-state index in [4.69, 9.17) is 0 Å². The Kier molecular flexibility index (Phi) is 4.45. The molecular formula is C19H19F3N4O2S. The van der Waals surface area contributed by atoms with Gasteiger partial charge in [0, 0.05) is 12.7 Å². The molecule has 2 aliphatic heterocycles. The van der Waals surface area contributed by atoms with E-state index in [1.54, 1.807) is 17.9 Å². The van der Waals surface area contributed by atoms with Crippen LogP contribution in [0.3, 0.4) is 0 Å². The topological polar surface area (TPSA) is 66.4 Å². The Balaban J connectivity index is 1.70. The van der Waals surface area contributed by atoms with Crippen molar-refractivity contribution in [2.24, 2.45) is 0 Å². The largest absolute Gasteiger partial charge is 0.399 e. The number of halogens is 3. The summed E-state index contributed by atoms with van der Waals surface area (Å²) in [4.78, 5) is 36.8. The summed E-state index contributed by atoms with van der Waals surface area (Å²) in [5, 5.41) is 0.246. The van der Waals surface area contributed by atoms with Crippen LogP contribution >= 0.6 is 11.3 Å². The Bertz CT molecular complexity index is 980. The lowest BCUT2D eigenvalue weighted by atomic mass is 9.87. The molecule has 2 aliphatic rings. The zero-order valence-electron chi connectivity index (χ0n) is 16.1. The van der Waals surface area contributed by atoms with Crippen LogP contribution in [0.2, 0.25) is 0 Å². The highest BCUT2D eigenvalue weighted by Gasteiger charge is 2.50. The second kappa shape index (κ2) is 6.51. The number of hydrogen-bond acceptors (Lipinski definition) is 5. The number of rotatable bonds is 3. The lowest BCUT2D eigenvalue weighted by Crippen LogP contribution is -2.37. The molecule has 0 radical (unpaired) electrons. The van der Waals surface area contributed by atoms with Crippen molar-refractivity contribution in [1.29, 1.82) is 0 Å². The highest BCUT2D eigenvalue weighted by atomic mass is 32.1. The van der Waals surface area contributed by atoms with Crippen molar-refractivity contribution in [3.63, 3.8) is 0 Å². The number of aryl methyl sites for hydroxylation is 1. The van der Waals surface area contributed by atoms with Gasteiger partial charge in [-0.1, -0.05) is 11.3 Å². The third-order valence-corrected chi connectivity index (χ3v) is 6.73. The van der Waals surface area contributed by atoms with Crippen LogP contribution in [0.4, 0.5) is 23.1 Å². The third-order valence-electron chi connectivity index (χ3n) is 5.54. The third kappa shape index (κ3) is 3.00. The van der Waals surface area contributed by atoms with E-state index in [1.165, 1.54) is 12.3 Å². The van der Waals surface area contributed by atoms with Gasteiger partial charge in [-0.15, -0.1) is 0 Å². The van der Waals surface area contributed by atoms with E-state index in [-0.39, 0.29) is 22.8 Å². The Morgan fingerprint density at radius 1 is 1.24 bits per heavy atom. The van der Waals surface area contributed by atoms with Crippen LogP contribution in [0, 0.1) is 6.92 Å². The summed E-state index contributed by atoms with van der Waals surface area (Å²) in [5.74, 6) is -0.290. The predicted octanol–water partition coefficient (Wildman–Crippen LogP) is 4.28. The first kappa shape index (κ1) is 19.8. The Labute approximate surface area is 169 Å². The number of imide groups is 1. The molecule has 6 nitrogen and oxygen atoms in total. The van der Waals surface area contributed by atoms with Crippen LogP contribution in [0.5, 0.6) is 0 Å². The van der Waals surface area contributed by atoms with Crippen molar-refractivity contribution in [3.8, 4) is 10.4 Å². The number of carbonyl (C=O) groups is 2. The quantitative estimate of drug-likeness (QED) is 0.690. The number of aromatic nitrogens is 2. The standard InChI is InChI=1S/C19H19F3N4O2S/c1-10-14(11-6-7-23-13(9-11)18(2,3)19(20,21)22)29-16(24-10)26-15(27)12-5-4-8-25(12)17(26)28/h6-7,9,12H,4-5,8H2,1-3H3. The van der Waals surface area contributed by atoms with E-state index in [9.17, 15) is 22.8 Å². The number of amides is 3. The van der Waals surface area contributed by atoms with E-state index in [0.29, 0.717) is 29.1 Å². The molecular weight excluding hydrogens is 405 g/mol. The predicted molar refractivity (Wildman–Crippen MR) is 102 cm³/mol. The summed E-state index contributed by atoms with van der Waals surface area (Å²) in [5.41, 5.74) is -1.16. The van der Waals surface area contributed by atoms with Gasteiger partial charge in [-0.3, -0.25) is 9.78 Å². The monoisotopic (exact) mass is 424 g/mol. The molecule has 29 heavy (non-hydrogen) atoms. The lowest BCUT2D eigenvalue weighted by Gasteiger charge is -2.27. The maximum atomic E-state index is 13.4. The first-order valence-electron chi connectivity index (χ1n) is 9.18. The van der Waals surface area contributed by atoms with Crippen LogP contribution in [0.1, 0.15) is 38.1 Å². The van der Waals surface area contributed by atoms with Gasteiger partial charge in [-0.25, -0.2) is 14.7 Å². The van der Waals surface area contributed by atoms with Gasteiger partial charge >= 0.3 is 12.2 Å². The molecule has 1 unspecified atom stereocenters. The fourth-order valence-electron chi connectivity index (χ4n) is 3.60. The number of nitrogens with zero attached hydrogens (tertiary/aromatic N) is 4. The first-order valence-corrected chi connectivity index (χ1v) is 9.99. The molecule has 3 amide bonds. The zero-order chi connectivity index (χ0) is 21.1. The van der Waals surface area contributed by atoms with E-state index < -0.39 is 17.6 Å². The minimum absolute atomic E-state index is 0.106. The summed E-state index contributed by atoms with van der Waals surface area (Å²) in [7, 11) is 0. The van der Waals surface area contributed by atoms with Gasteiger partial charge in [0.25, 0.3) is 5.91 Å². The van der Waals surface area contributed by atoms with E-state index >= 15 is 0 Å². The van der Waals surface area contributed by atoms with Crippen LogP contribution in [0.25, 0.3) is 10.4 Å². The fraction of sp³-hybridized carbons (Fsp3) is 0.474. The summed E-state index contributed by atoms with van der Waals surface area (Å²) >= 11 is 1.12. The molecule has 2 saturated heterocycles. The average Bonchev–Trinajstić information content (AvgIpc) is 3.32. The Hall–Kier alpha value is -2.49. The van der Waals surface area contributed by atoms with E-state index in [2.05, 4.69) is 9.97 Å². The molecule has 4 rings (SSSR count). The van der Waals surface area contributed by atoms with Gasteiger partial charge in [0.05, 0.1) is 16.3 Å². The lowest BCUT2D eigenvalue weighted by molar-refractivity contribution is -0.181. The van der Waals surface area contributed by atoms with Gasteiger partial charge in [0.15, 0.2) is 0 Å². The molecule has 0 N–H and O–H groups in total. The van der Waals surface area contributed by atoms with Gasteiger partial charge in [-0.05, 0) is 51.3 Å². The molecule has 10 heteroatoms. The number of carbonyl (C=O) groups excluding carboxylic acids is 2. The maximum absolute atomic E-state index is 13.4. The number of anilines is 1. The minimum Gasteiger partial charge on any atom is -0.312 e. The van der Waals surface area contributed by atoms with Gasteiger partial charge in [-0.2, -0.15) is 13.2 Å². The summed E-state index contributed by atoms with van der Waals surface area (Å²) in [6.07, 6.45) is -1.68. The van der Waals surface area contributed by atoms with E-state index in [0.717, 1.165) is 36.5 Å². The second-order valence-electron chi connectivity index (χ2n) is 7.77. The molecule has 0 aromatic carbocycles. The van der Waals surface area contributed by atoms with Crippen molar-refractivity contribution in [3.05, 3.63) is 29.7 Å². The molecule has 1 atom stereocenters. The minimum atomic E-state index is -4.45. The highest BCUT2D eigenvalue weighted by Crippen LogP contribution is 2.42. The van der Waals surface area contributed by atoms with Crippen molar-refractivity contribution < 1.29 is 22.8 Å². The second-order valence-corrected chi connectivity index (χ2v) is 8.75. The van der Waals surface area contributed by atoms with Crippen LogP contribution in [-0.2, 0) is 10.2 Å². The summed E-state index contributed by atoms with van der Waals surface area (Å²) in [6.45, 7) is 4.41. The van der Waals surface area contributed by atoms with Gasteiger partial charge in [0.1, 0.15) is 11.5 Å². The Morgan fingerprint density at radius 3 is 2.62 bits per heavy atom. The molecule has 0 spiro atoms. The van der Waals surface area contributed by atoms with Crippen LogP contribution in [-0.4, -0.2) is 45.6 Å². The van der Waals surface area contributed by atoms with Crippen molar-refractivity contribution >= 4 is 28.4 Å². The van der Waals surface area contributed by atoms with Crippen molar-refractivity contribution in [2.75, 3.05) is 11.4 Å². The smallest absolute Gasteiger partial charge is 0.312 e. The summed E-state index contributed by atoms with van der Waals surface area (Å²) < 4.78 is 40.2. The number of hydrogen-bond donors (Lipinski definition) is 0. The molecule has 0 saturated carbocycles. The molecule has 0 bridgehead atoms. The van der Waals surface area contributed by atoms with Crippen molar-refractivity contribution in [1.82, 2.24) is 14.9 Å². The normalized spacial score (nSPS) is 20.0. The fourth-order valence-corrected chi connectivity index (χ4v) is 4.67. The molecule has 2 aromatic heterocycles. The van der Waals surface area contributed by atoms with E-state index in [1.807, 2.05) is 0 Å². The number of thiazole rings is 1.